The van der Waals surface area contributed by atoms with Crippen LogP contribution in [0.3, 0.4) is 0 Å². The Bertz CT molecular complexity index is 859. The average Bonchev–Trinajstić information content (AvgIpc) is 2.70. The van der Waals surface area contributed by atoms with Gasteiger partial charge in [0.25, 0.3) is 0 Å². The number of H-pyrrole nitrogens is 1. The molecule has 0 aliphatic heterocycles. The molecule has 0 aliphatic rings. The van der Waals surface area contributed by atoms with Gasteiger partial charge in [0.1, 0.15) is 0 Å². The van der Waals surface area contributed by atoms with Crippen LogP contribution in [0.4, 0.5) is 4.39 Å². The van der Waals surface area contributed by atoms with E-state index in [1.807, 2.05) is 25.1 Å². The van der Waals surface area contributed by atoms with Gasteiger partial charge in [-0.05, 0) is 49.0 Å². The van der Waals surface area contributed by atoms with E-state index in [4.69, 9.17) is 35.4 Å². The zero-order valence-corrected chi connectivity index (χ0v) is 12.7. The van der Waals surface area contributed by atoms with Gasteiger partial charge < -0.3 is 4.98 Å². The highest BCUT2D eigenvalue weighted by molar-refractivity contribution is 7.71. The number of fused-ring (bicyclic) bond motifs is 1. The molecule has 2 aromatic carbocycles. The second-order valence-corrected chi connectivity index (χ2v) is 5.71. The molecule has 0 spiro atoms. The minimum Gasteiger partial charge on any atom is -0.330 e. The van der Waals surface area contributed by atoms with E-state index in [1.54, 1.807) is 4.57 Å². The van der Waals surface area contributed by atoms with Crippen molar-refractivity contribution < 1.29 is 4.39 Å². The first-order valence-electron chi connectivity index (χ1n) is 5.83. The number of aromatic nitrogens is 2. The van der Waals surface area contributed by atoms with Crippen molar-refractivity contribution in [2.45, 2.75) is 6.92 Å². The summed E-state index contributed by atoms with van der Waals surface area (Å²) >= 11 is 17.0. The lowest BCUT2D eigenvalue weighted by molar-refractivity contribution is 0.628. The molecule has 0 bridgehead atoms. The molecule has 0 saturated carbocycles. The summed E-state index contributed by atoms with van der Waals surface area (Å²) in [5.74, 6) is -0.625. The number of aryl methyl sites for hydroxylation is 1. The quantitative estimate of drug-likeness (QED) is 0.466. The molecule has 1 aromatic heterocycles. The lowest BCUT2D eigenvalue weighted by atomic mass is 10.2. The smallest absolute Gasteiger partial charge is 0.182 e. The van der Waals surface area contributed by atoms with E-state index in [2.05, 4.69) is 4.98 Å². The number of imidazole rings is 1. The van der Waals surface area contributed by atoms with Gasteiger partial charge in [-0.15, -0.1) is 0 Å². The van der Waals surface area contributed by atoms with E-state index in [9.17, 15) is 4.39 Å². The minimum absolute atomic E-state index is 0.0311. The minimum atomic E-state index is -0.625. The molecule has 0 fully saturated rings. The van der Waals surface area contributed by atoms with Gasteiger partial charge in [0.05, 0.1) is 26.8 Å². The number of halogens is 3. The Labute approximate surface area is 129 Å². The maximum atomic E-state index is 13.5. The molecule has 0 unspecified atom stereocenters. The van der Waals surface area contributed by atoms with Crippen LogP contribution >= 0.6 is 35.4 Å². The van der Waals surface area contributed by atoms with Gasteiger partial charge in [-0.25, -0.2) is 4.39 Å². The number of benzene rings is 2. The zero-order chi connectivity index (χ0) is 14.4. The van der Waals surface area contributed by atoms with Crippen molar-refractivity contribution in [1.82, 2.24) is 9.55 Å². The van der Waals surface area contributed by atoms with Gasteiger partial charge in [-0.1, -0.05) is 29.3 Å². The Kier molecular flexibility index (Phi) is 3.32. The van der Waals surface area contributed by atoms with Crippen LogP contribution in [0, 0.1) is 17.5 Å². The van der Waals surface area contributed by atoms with Crippen molar-refractivity contribution in [1.29, 1.82) is 0 Å². The lowest BCUT2D eigenvalue weighted by Gasteiger charge is -2.07. The number of rotatable bonds is 1. The van der Waals surface area contributed by atoms with E-state index >= 15 is 0 Å². The molecule has 3 rings (SSSR count). The van der Waals surface area contributed by atoms with Crippen molar-refractivity contribution in [3.05, 3.63) is 56.5 Å². The Morgan fingerprint density at radius 1 is 1.15 bits per heavy atom. The summed E-state index contributed by atoms with van der Waals surface area (Å²) in [6, 6.07) is 8.95. The SMILES string of the molecule is Cc1ccc2[nH]c(=S)n(-c3cc(Cl)c(F)c(Cl)c3)c2c1. The van der Waals surface area contributed by atoms with E-state index in [1.165, 1.54) is 12.1 Å². The topological polar surface area (TPSA) is 20.7 Å². The van der Waals surface area contributed by atoms with Gasteiger partial charge in [0.2, 0.25) is 0 Å². The molecule has 102 valence electrons. The molecule has 0 atom stereocenters. The van der Waals surface area contributed by atoms with E-state index in [-0.39, 0.29) is 10.0 Å². The third-order valence-electron chi connectivity index (χ3n) is 3.07. The maximum absolute atomic E-state index is 13.5. The Balaban J connectivity index is 2.37. The fourth-order valence-electron chi connectivity index (χ4n) is 2.14. The van der Waals surface area contributed by atoms with Crippen LogP contribution in [0.25, 0.3) is 16.7 Å². The molecule has 0 saturated heterocycles. The van der Waals surface area contributed by atoms with Crippen LogP contribution in [-0.4, -0.2) is 9.55 Å². The maximum Gasteiger partial charge on any atom is 0.182 e. The first kappa shape index (κ1) is 13.6. The summed E-state index contributed by atoms with van der Waals surface area (Å²) in [6.45, 7) is 1.99. The van der Waals surface area contributed by atoms with Gasteiger partial charge >= 0.3 is 0 Å². The predicted molar refractivity (Wildman–Crippen MR) is 83.2 cm³/mol. The van der Waals surface area contributed by atoms with Crippen LogP contribution in [0.2, 0.25) is 10.0 Å². The predicted octanol–water partition coefficient (Wildman–Crippen LogP) is 5.44. The fraction of sp³-hybridized carbons (Fsp3) is 0.0714. The number of nitrogens with zero attached hydrogens (tertiary/aromatic N) is 1. The number of aromatic amines is 1. The fourth-order valence-corrected chi connectivity index (χ4v) is 2.93. The van der Waals surface area contributed by atoms with Crippen LogP contribution < -0.4 is 0 Å². The summed E-state index contributed by atoms with van der Waals surface area (Å²) in [5, 5.41) is -0.0622. The van der Waals surface area contributed by atoms with Crippen molar-refractivity contribution in [3.8, 4) is 5.69 Å². The van der Waals surface area contributed by atoms with Crippen LogP contribution in [0.5, 0.6) is 0 Å². The largest absolute Gasteiger partial charge is 0.330 e. The van der Waals surface area contributed by atoms with Gasteiger partial charge in [0, 0.05) is 0 Å². The summed E-state index contributed by atoms with van der Waals surface area (Å²) in [4.78, 5) is 3.10. The van der Waals surface area contributed by atoms with Gasteiger partial charge in [0.15, 0.2) is 10.6 Å². The van der Waals surface area contributed by atoms with E-state index in [0.29, 0.717) is 10.5 Å². The number of hydrogen-bond donors (Lipinski definition) is 1. The highest BCUT2D eigenvalue weighted by Crippen LogP contribution is 2.29. The molecule has 3 aromatic rings. The Morgan fingerprint density at radius 3 is 2.45 bits per heavy atom. The summed E-state index contributed by atoms with van der Waals surface area (Å²) in [6.07, 6.45) is 0. The molecule has 20 heavy (non-hydrogen) atoms. The molecule has 2 nitrogen and oxygen atoms in total. The number of hydrogen-bond acceptors (Lipinski definition) is 1. The molecular formula is C14H9Cl2FN2S. The van der Waals surface area contributed by atoms with Gasteiger partial charge in [-0.2, -0.15) is 0 Å². The summed E-state index contributed by atoms with van der Waals surface area (Å²) < 4.78 is 15.8. The first-order chi connectivity index (χ1) is 9.47. The standard InChI is InChI=1S/C14H9Cl2FN2S/c1-7-2-3-11-12(4-7)19(14(20)18-11)8-5-9(15)13(17)10(16)6-8/h2-6H,1H3,(H,18,20). The second-order valence-electron chi connectivity index (χ2n) is 4.51. The van der Waals surface area contributed by atoms with Crippen molar-refractivity contribution in [3.63, 3.8) is 0 Å². The summed E-state index contributed by atoms with van der Waals surface area (Å²) in [7, 11) is 0. The lowest BCUT2D eigenvalue weighted by Crippen LogP contribution is -1.95. The van der Waals surface area contributed by atoms with Crippen LogP contribution in [0.15, 0.2) is 30.3 Å². The van der Waals surface area contributed by atoms with Crippen molar-refractivity contribution >= 4 is 46.5 Å². The molecule has 6 heteroatoms. The van der Waals surface area contributed by atoms with Crippen LogP contribution in [0.1, 0.15) is 5.56 Å². The molecule has 0 radical (unpaired) electrons. The zero-order valence-electron chi connectivity index (χ0n) is 10.4. The average molecular weight is 327 g/mol. The normalized spacial score (nSPS) is 11.2. The number of nitrogens with one attached hydrogen (secondary N) is 1. The second kappa shape index (κ2) is 4.88. The molecule has 0 aliphatic carbocycles. The molecule has 1 heterocycles. The highest BCUT2D eigenvalue weighted by Gasteiger charge is 2.12. The molecule has 0 amide bonds. The Hall–Kier alpha value is -1.36. The van der Waals surface area contributed by atoms with Crippen molar-refractivity contribution in [2.24, 2.45) is 0 Å². The van der Waals surface area contributed by atoms with E-state index < -0.39 is 5.82 Å². The third-order valence-corrected chi connectivity index (χ3v) is 3.90. The van der Waals surface area contributed by atoms with Crippen molar-refractivity contribution in [2.75, 3.05) is 0 Å². The summed E-state index contributed by atoms with van der Waals surface area (Å²) in [5.41, 5.74) is 3.52. The van der Waals surface area contributed by atoms with Crippen LogP contribution in [-0.2, 0) is 0 Å². The Morgan fingerprint density at radius 2 is 1.80 bits per heavy atom. The first-order valence-corrected chi connectivity index (χ1v) is 7.00. The monoisotopic (exact) mass is 326 g/mol. The highest BCUT2D eigenvalue weighted by atomic mass is 35.5. The molecular weight excluding hydrogens is 318 g/mol. The molecule has 1 N–H and O–H groups in total. The van der Waals surface area contributed by atoms with E-state index in [0.717, 1.165) is 16.6 Å². The third kappa shape index (κ3) is 2.14. The van der Waals surface area contributed by atoms with Gasteiger partial charge in [-0.3, -0.25) is 4.57 Å².